The van der Waals surface area contributed by atoms with Crippen LogP contribution >= 0.6 is 0 Å². The molecule has 2 heterocycles. The summed E-state index contributed by atoms with van der Waals surface area (Å²) in [6.07, 6.45) is 1.07. The second-order valence-electron chi connectivity index (χ2n) is 8.34. The summed E-state index contributed by atoms with van der Waals surface area (Å²) in [7, 11) is -3.30. The summed E-state index contributed by atoms with van der Waals surface area (Å²) in [5, 5.41) is 2.86. The van der Waals surface area contributed by atoms with E-state index in [1.54, 1.807) is 17.9 Å². The van der Waals surface area contributed by atoms with Gasteiger partial charge in [-0.1, -0.05) is 12.1 Å². The molecule has 1 aromatic heterocycles. The van der Waals surface area contributed by atoms with Gasteiger partial charge >= 0.3 is 0 Å². The van der Waals surface area contributed by atoms with Gasteiger partial charge in [-0.05, 0) is 19.1 Å². The molecule has 0 spiro atoms. The zero-order chi connectivity index (χ0) is 24.2. The van der Waals surface area contributed by atoms with Crippen LogP contribution in [0.3, 0.4) is 0 Å². The van der Waals surface area contributed by atoms with E-state index in [0.29, 0.717) is 32.7 Å². The first kappa shape index (κ1) is 24.8. The highest BCUT2D eigenvalue weighted by atomic mass is 32.2. The largest absolute Gasteiger partial charge is 0.431 e. The first-order chi connectivity index (χ1) is 15.5. The lowest BCUT2D eigenvalue weighted by atomic mass is 10.2. The van der Waals surface area contributed by atoms with E-state index in [2.05, 4.69) is 15.2 Å². The fourth-order valence-corrected chi connectivity index (χ4v) is 4.26. The highest BCUT2D eigenvalue weighted by Crippen LogP contribution is 2.25. The molecule has 1 aliphatic rings. The number of amides is 2. The van der Waals surface area contributed by atoms with Gasteiger partial charge in [-0.2, -0.15) is 0 Å². The number of hydrogen-bond acceptors (Lipinski definition) is 7. The Balaban J connectivity index is 1.72. The average molecular weight is 481 g/mol. The lowest BCUT2D eigenvalue weighted by Crippen LogP contribution is -2.51. The SMILES string of the molecule is CC(=O)N1CCN(CC(C)NC(=O)c2oc(-c3ccccc3F)nc2CCS(C)(=O)=O)CC1. The topological polar surface area (TPSA) is 113 Å². The number of benzene rings is 1. The molecule has 1 aromatic carbocycles. The third-order valence-electron chi connectivity index (χ3n) is 5.44. The number of sulfone groups is 1. The van der Waals surface area contributed by atoms with Crippen LogP contribution in [0.1, 0.15) is 30.1 Å². The smallest absolute Gasteiger partial charge is 0.289 e. The minimum Gasteiger partial charge on any atom is -0.431 e. The first-order valence-electron chi connectivity index (χ1n) is 10.7. The van der Waals surface area contributed by atoms with E-state index < -0.39 is 21.6 Å². The number of rotatable bonds is 8. The molecule has 33 heavy (non-hydrogen) atoms. The van der Waals surface area contributed by atoms with E-state index in [4.69, 9.17) is 4.42 Å². The Morgan fingerprint density at radius 2 is 1.88 bits per heavy atom. The summed E-state index contributed by atoms with van der Waals surface area (Å²) in [6.45, 7) is 6.66. The molecule has 180 valence electrons. The minimum atomic E-state index is -3.30. The molecular formula is C22H29FN4O5S. The number of aromatic nitrogens is 1. The van der Waals surface area contributed by atoms with Gasteiger partial charge in [-0.25, -0.2) is 17.8 Å². The minimum absolute atomic E-state index is 0.0269. The van der Waals surface area contributed by atoms with E-state index >= 15 is 0 Å². The number of hydrogen-bond donors (Lipinski definition) is 1. The van der Waals surface area contributed by atoms with Gasteiger partial charge in [0.15, 0.2) is 0 Å². The molecule has 9 nitrogen and oxygen atoms in total. The first-order valence-corrected chi connectivity index (χ1v) is 12.8. The van der Waals surface area contributed by atoms with Gasteiger partial charge in [0.2, 0.25) is 17.6 Å². The van der Waals surface area contributed by atoms with Crippen LogP contribution in [0.15, 0.2) is 28.7 Å². The molecule has 1 saturated heterocycles. The molecule has 11 heteroatoms. The number of nitrogens with one attached hydrogen (secondary N) is 1. The standard InChI is InChI=1S/C22H29FN4O5S/c1-15(14-26-9-11-27(12-10-26)16(2)28)24-21(29)20-19(8-13-33(3,30)31)25-22(32-20)17-6-4-5-7-18(17)23/h4-7,15H,8-14H2,1-3H3,(H,24,29). The van der Waals surface area contributed by atoms with Crippen LogP contribution in [0.5, 0.6) is 0 Å². The van der Waals surface area contributed by atoms with E-state index in [-0.39, 0.29) is 47.0 Å². The van der Waals surface area contributed by atoms with Crippen molar-refractivity contribution >= 4 is 21.7 Å². The monoisotopic (exact) mass is 480 g/mol. The predicted molar refractivity (Wildman–Crippen MR) is 121 cm³/mol. The van der Waals surface area contributed by atoms with Crippen LogP contribution < -0.4 is 5.32 Å². The number of nitrogens with zero attached hydrogens (tertiary/aromatic N) is 3. The zero-order valence-corrected chi connectivity index (χ0v) is 19.8. The highest BCUT2D eigenvalue weighted by molar-refractivity contribution is 7.90. The van der Waals surface area contributed by atoms with Gasteiger partial charge in [-0.3, -0.25) is 14.5 Å². The second kappa shape index (κ2) is 10.4. The molecule has 1 unspecified atom stereocenters. The summed E-state index contributed by atoms with van der Waals surface area (Å²) in [6, 6.07) is 5.63. The van der Waals surface area contributed by atoms with Crippen molar-refractivity contribution in [1.29, 1.82) is 0 Å². The Morgan fingerprint density at radius 1 is 1.21 bits per heavy atom. The van der Waals surface area contributed by atoms with Crippen molar-refractivity contribution < 1.29 is 26.8 Å². The van der Waals surface area contributed by atoms with Crippen LogP contribution in [0.25, 0.3) is 11.5 Å². The Hall–Kier alpha value is -2.79. The van der Waals surface area contributed by atoms with Crippen LogP contribution in [0, 0.1) is 5.82 Å². The van der Waals surface area contributed by atoms with Gasteiger partial charge in [0.25, 0.3) is 5.91 Å². The maximum absolute atomic E-state index is 14.2. The summed E-state index contributed by atoms with van der Waals surface area (Å²) >= 11 is 0. The molecule has 0 saturated carbocycles. The fourth-order valence-electron chi connectivity index (χ4n) is 3.70. The Morgan fingerprint density at radius 3 is 2.48 bits per heavy atom. The second-order valence-corrected chi connectivity index (χ2v) is 10.6. The number of carbonyl (C=O) groups excluding carboxylic acids is 2. The molecular weight excluding hydrogens is 451 g/mol. The van der Waals surface area contributed by atoms with Gasteiger partial charge in [0, 0.05) is 58.4 Å². The van der Waals surface area contributed by atoms with Crippen molar-refractivity contribution in [3.05, 3.63) is 41.5 Å². The molecule has 2 amide bonds. The Labute approximate surface area is 192 Å². The van der Waals surface area contributed by atoms with Crippen molar-refractivity contribution in [2.75, 3.05) is 44.7 Å². The van der Waals surface area contributed by atoms with E-state index in [0.717, 1.165) is 6.26 Å². The molecule has 1 atom stereocenters. The van der Waals surface area contributed by atoms with Gasteiger partial charge in [0.1, 0.15) is 15.7 Å². The predicted octanol–water partition coefficient (Wildman–Crippen LogP) is 1.35. The summed E-state index contributed by atoms with van der Waals surface area (Å²) in [4.78, 5) is 32.6. The van der Waals surface area contributed by atoms with E-state index in [1.165, 1.54) is 18.2 Å². The van der Waals surface area contributed by atoms with Gasteiger partial charge in [0.05, 0.1) is 17.0 Å². The van der Waals surface area contributed by atoms with Crippen molar-refractivity contribution in [2.45, 2.75) is 26.3 Å². The number of carbonyl (C=O) groups is 2. The number of oxazole rings is 1. The lowest BCUT2D eigenvalue weighted by Gasteiger charge is -2.35. The summed E-state index contributed by atoms with van der Waals surface area (Å²) < 4.78 is 43.1. The Kier molecular flexibility index (Phi) is 7.85. The molecule has 0 bridgehead atoms. The van der Waals surface area contributed by atoms with E-state index in [1.807, 2.05) is 6.92 Å². The maximum atomic E-state index is 14.2. The van der Waals surface area contributed by atoms with Crippen LogP contribution in [0.2, 0.25) is 0 Å². The van der Waals surface area contributed by atoms with Crippen molar-refractivity contribution in [1.82, 2.24) is 20.1 Å². The molecule has 0 radical (unpaired) electrons. The van der Waals surface area contributed by atoms with Gasteiger partial charge < -0.3 is 14.6 Å². The number of piperazine rings is 1. The lowest BCUT2D eigenvalue weighted by molar-refractivity contribution is -0.130. The zero-order valence-electron chi connectivity index (χ0n) is 19.0. The molecule has 3 rings (SSSR count). The number of halogens is 1. The third kappa shape index (κ3) is 6.84. The third-order valence-corrected chi connectivity index (χ3v) is 6.39. The fraction of sp³-hybridized carbons (Fsp3) is 0.500. The molecule has 0 aliphatic carbocycles. The molecule has 2 aromatic rings. The normalized spacial score (nSPS) is 15.9. The van der Waals surface area contributed by atoms with Crippen LogP contribution in [-0.2, 0) is 21.1 Å². The van der Waals surface area contributed by atoms with Crippen molar-refractivity contribution in [2.24, 2.45) is 0 Å². The quantitative estimate of drug-likeness (QED) is 0.607. The Bertz CT molecular complexity index is 1110. The summed E-state index contributed by atoms with van der Waals surface area (Å²) in [5.74, 6) is -1.46. The molecule has 1 N–H and O–H groups in total. The highest BCUT2D eigenvalue weighted by Gasteiger charge is 2.26. The van der Waals surface area contributed by atoms with E-state index in [9.17, 15) is 22.4 Å². The van der Waals surface area contributed by atoms with Crippen LogP contribution in [0.4, 0.5) is 4.39 Å². The van der Waals surface area contributed by atoms with Crippen molar-refractivity contribution in [3.8, 4) is 11.5 Å². The van der Waals surface area contributed by atoms with Gasteiger partial charge in [-0.15, -0.1) is 0 Å². The number of aryl methyl sites for hydroxylation is 1. The maximum Gasteiger partial charge on any atom is 0.289 e. The van der Waals surface area contributed by atoms with Crippen molar-refractivity contribution in [3.63, 3.8) is 0 Å². The molecule has 1 fully saturated rings. The van der Waals surface area contributed by atoms with Crippen LogP contribution in [-0.4, -0.2) is 85.8 Å². The summed E-state index contributed by atoms with van der Waals surface area (Å²) in [5.41, 5.74) is 0.256. The average Bonchev–Trinajstić information content (AvgIpc) is 3.16. The molecule has 1 aliphatic heterocycles.